The zero-order valence-corrected chi connectivity index (χ0v) is 23.6. The molecule has 4 aliphatic rings. The lowest BCUT2D eigenvalue weighted by Gasteiger charge is -2.56. The molecular weight excluding hydrogens is 522 g/mol. The fourth-order valence-corrected chi connectivity index (χ4v) is 7.91. The van der Waals surface area contributed by atoms with Gasteiger partial charge in [0.1, 0.15) is 22.8 Å². The molecule has 1 heterocycles. The second-order valence-electron chi connectivity index (χ2n) is 12.8. The zero-order chi connectivity index (χ0) is 29.5. The van der Waals surface area contributed by atoms with Crippen LogP contribution >= 0.6 is 0 Å². The van der Waals surface area contributed by atoms with Gasteiger partial charge in [0.05, 0.1) is 5.56 Å². The number of fused-ring (bicyclic) bond motifs is 3. The highest BCUT2D eigenvalue weighted by atomic mass is 16.3. The van der Waals surface area contributed by atoms with E-state index in [2.05, 4.69) is 17.0 Å². The van der Waals surface area contributed by atoms with Crippen LogP contribution in [0.25, 0.3) is 11.1 Å². The molecule has 8 heteroatoms. The number of aliphatic hydroxyl groups excluding tert-OH is 2. The first-order valence-electron chi connectivity index (χ1n) is 14.2. The van der Waals surface area contributed by atoms with Gasteiger partial charge in [-0.15, -0.1) is 0 Å². The van der Waals surface area contributed by atoms with Gasteiger partial charge in [0.25, 0.3) is 0 Å². The largest absolute Gasteiger partial charge is 0.511 e. The van der Waals surface area contributed by atoms with E-state index < -0.39 is 50.9 Å². The SMILES string of the molecule is CC(=O)C1=C(O)C[C@@]2(C)C[C@@]3(C)Cc4c(-c5ccc(CN6CCCC6)cc5)ccc(O)c4C(=O)C3=C(O)[C@@]2(O)C1=O. The van der Waals surface area contributed by atoms with Crippen LogP contribution in [0.4, 0.5) is 0 Å². The summed E-state index contributed by atoms with van der Waals surface area (Å²) in [4.78, 5) is 42.2. The monoisotopic (exact) mass is 557 g/mol. The number of benzene rings is 2. The van der Waals surface area contributed by atoms with Crippen molar-refractivity contribution >= 4 is 17.3 Å². The Bertz CT molecular complexity index is 1580. The van der Waals surface area contributed by atoms with E-state index in [1.165, 1.54) is 24.5 Å². The van der Waals surface area contributed by atoms with Crippen LogP contribution < -0.4 is 0 Å². The summed E-state index contributed by atoms with van der Waals surface area (Å²) in [5, 5.41) is 44.9. The van der Waals surface area contributed by atoms with Crippen LogP contribution in [-0.2, 0) is 22.6 Å². The van der Waals surface area contributed by atoms with Crippen molar-refractivity contribution in [3.8, 4) is 16.9 Å². The summed E-state index contributed by atoms with van der Waals surface area (Å²) in [6, 6.07) is 11.4. The average Bonchev–Trinajstić information content (AvgIpc) is 3.39. The van der Waals surface area contributed by atoms with Crippen LogP contribution in [0.5, 0.6) is 5.75 Å². The molecule has 1 saturated heterocycles. The minimum Gasteiger partial charge on any atom is -0.511 e. The first-order chi connectivity index (χ1) is 19.3. The van der Waals surface area contributed by atoms with E-state index in [9.17, 15) is 34.8 Å². The molecule has 1 fully saturated rings. The topological polar surface area (TPSA) is 135 Å². The molecule has 4 N–H and O–H groups in total. The number of hydrogen-bond acceptors (Lipinski definition) is 8. The summed E-state index contributed by atoms with van der Waals surface area (Å²) < 4.78 is 0. The van der Waals surface area contributed by atoms with E-state index in [4.69, 9.17) is 0 Å². The summed E-state index contributed by atoms with van der Waals surface area (Å²) >= 11 is 0. The second-order valence-corrected chi connectivity index (χ2v) is 12.8. The quantitative estimate of drug-likeness (QED) is 0.397. The van der Waals surface area contributed by atoms with Crippen molar-refractivity contribution in [3.63, 3.8) is 0 Å². The van der Waals surface area contributed by atoms with Gasteiger partial charge in [0.15, 0.2) is 17.2 Å². The van der Waals surface area contributed by atoms with Crippen molar-refractivity contribution in [2.75, 3.05) is 13.1 Å². The number of carbonyl (C=O) groups is 3. The highest BCUT2D eigenvalue weighted by Gasteiger charge is 2.67. The van der Waals surface area contributed by atoms with Gasteiger partial charge in [-0.05, 0) is 74.0 Å². The smallest absolute Gasteiger partial charge is 0.209 e. The number of phenols is 1. The lowest BCUT2D eigenvalue weighted by atomic mass is 9.48. The number of rotatable bonds is 4. The lowest BCUT2D eigenvalue weighted by Crippen LogP contribution is -2.63. The van der Waals surface area contributed by atoms with Gasteiger partial charge in [-0.2, -0.15) is 0 Å². The van der Waals surface area contributed by atoms with E-state index in [1.54, 1.807) is 19.9 Å². The first-order valence-corrected chi connectivity index (χ1v) is 14.2. The predicted molar refractivity (Wildman–Crippen MR) is 151 cm³/mol. The molecule has 0 bridgehead atoms. The third kappa shape index (κ3) is 3.84. The standard InChI is InChI=1S/C33H35NO7/c1-18(35)25-24(37)15-32(3)17-31(2)14-22-21(20-8-6-19(7-9-20)16-34-12-4-5-13-34)10-11-23(36)26(22)28(38)27(31)30(40)33(32,41)29(25)39/h6-11,36-37,40-41H,4-5,12-17H2,1-3H3/t31-,32+,33+/m1/s1. The number of phenolic OH excluding ortho intramolecular Hbond substituents is 1. The minimum atomic E-state index is -2.57. The molecule has 2 aromatic carbocycles. The molecule has 41 heavy (non-hydrogen) atoms. The number of likely N-dealkylation sites (tertiary alicyclic amines) is 1. The van der Waals surface area contributed by atoms with Crippen LogP contribution in [0.3, 0.4) is 0 Å². The van der Waals surface area contributed by atoms with Gasteiger partial charge in [0.2, 0.25) is 5.78 Å². The Kier molecular flexibility index (Phi) is 6.10. The summed E-state index contributed by atoms with van der Waals surface area (Å²) in [6.07, 6.45) is 2.54. The molecule has 3 atom stereocenters. The van der Waals surface area contributed by atoms with Crippen molar-refractivity contribution in [1.29, 1.82) is 0 Å². The van der Waals surface area contributed by atoms with Gasteiger partial charge in [-0.1, -0.05) is 44.2 Å². The van der Waals surface area contributed by atoms with E-state index >= 15 is 0 Å². The molecule has 0 spiro atoms. The highest BCUT2D eigenvalue weighted by molar-refractivity contribution is 6.25. The Morgan fingerprint density at radius 2 is 1.61 bits per heavy atom. The Balaban J connectivity index is 1.46. The normalized spacial score (nSPS) is 29.9. The molecule has 2 aromatic rings. The van der Waals surface area contributed by atoms with E-state index in [0.29, 0.717) is 5.56 Å². The Morgan fingerprint density at radius 3 is 2.24 bits per heavy atom. The van der Waals surface area contributed by atoms with Gasteiger partial charge in [-0.25, -0.2) is 0 Å². The number of allylic oxidation sites excluding steroid dienone is 2. The third-order valence-corrected chi connectivity index (χ3v) is 9.77. The van der Waals surface area contributed by atoms with Crippen molar-refractivity contribution in [3.05, 3.63) is 75.8 Å². The fourth-order valence-electron chi connectivity index (χ4n) is 7.91. The summed E-state index contributed by atoms with van der Waals surface area (Å²) in [7, 11) is 0. The molecule has 0 saturated carbocycles. The molecule has 214 valence electrons. The van der Waals surface area contributed by atoms with E-state index in [1.807, 2.05) is 12.1 Å². The summed E-state index contributed by atoms with van der Waals surface area (Å²) in [5.74, 6) is -4.00. The maximum atomic E-state index is 14.1. The number of hydrogen-bond donors (Lipinski definition) is 4. The maximum Gasteiger partial charge on any atom is 0.209 e. The maximum absolute atomic E-state index is 14.1. The highest BCUT2D eigenvalue weighted by Crippen LogP contribution is 2.62. The first kappa shape index (κ1) is 27.4. The molecule has 0 aromatic heterocycles. The molecular formula is C33H35NO7. The molecule has 1 aliphatic heterocycles. The van der Waals surface area contributed by atoms with Crippen molar-refractivity contribution in [2.24, 2.45) is 10.8 Å². The molecule has 8 nitrogen and oxygen atoms in total. The van der Waals surface area contributed by atoms with Gasteiger partial charge >= 0.3 is 0 Å². The molecule has 3 aliphatic carbocycles. The van der Waals surface area contributed by atoms with Gasteiger partial charge in [-0.3, -0.25) is 19.3 Å². The lowest BCUT2D eigenvalue weighted by molar-refractivity contribution is -0.158. The van der Waals surface area contributed by atoms with Crippen molar-refractivity contribution < 1.29 is 34.8 Å². The molecule has 0 radical (unpaired) electrons. The Morgan fingerprint density at radius 1 is 0.951 bits per heavy atom. The van der Waals surface area contributed by atoms with E-state index in [-0.39, 0.29) is 36.1 Å². The Hall–Kier alpha value is -3.75. The van der Waals surface area contributed by atoms with Crippen LogP contribution in [0.15, 0.2) is 59.1 Å². The van der Waals surface area contributed by atoms with Gasteiger partial charge in [0, 0.05) is 29.4 Å². The molecule has 0 unspecified atom stereocenters. The van der Waals surface area contributed by atoms with Crippen molar-refractivity contribution in [2.45, 2.75) is 65.0 Å². The van der Waals surface area contributed by atoms with Crippen LogP contribution in [0.1, 0.15) is 67.9 Å². The molecule has 6 rings (SSSR count). The molecule has 0 amide bonds. The second kappa shape index (κ2) is 9.13. The summed E-state index contributed by atoms with van der Waals surface area (Å²) in [6.45, 7) is 7.55. The minimum absolute atomic E-state index is 0.0308. The van der Waals surface area contributed by atoms with Crippen molar-refractivity contribution in [1.82, 2.24) is 4.90 Å². The predicted octanol–water partition coefficient (Wildman–Crippen LogP) is 4.73. The van der Waals surface area contributed by atoms with Crippen LogP contribution in [0, 0.1) is 10.8 Å². The number of aromatic hydroxyl groups is 1. The number of carbonyl (C=O) groups excluding carboxylic acids is 3. The zero-order valence-electron chi connectivity index (χ0n) is 23.6. The number of nitrogens with zero attached hydrogens (tertiary/aromatic N) is 1. The third-order valence-electron chi connectivity index (χ3n) is 9.77. The number of aliphatic hydroxyl groups is 3. The fraction of sp³-hybridized carbons (Fsp3) is 0.424. The van der Waals surface area contributed by atoms with Crippen LogP contribution in [-0.4, -0.2) is 61.4 Å². The van der Waals surface area contributed by atoms with Crippen LogP contribution in [0.2, 0.25) is 0 Å². The average molecular weight is 558 g/mol. The number of ketones is 3. The summed E-state index contributed by atoms with van der Waals surface area (Å²) in [5.41, 5.74) is -2.17. The van der Waals surface area contributed by atoms with E-state index in [0.717, 1.165) is 37.7 Å². The van der Waals surface area contributed by atoms with Gasteiger partial charge < -0.3 is 20.4 Å². The number of Topliss-reactive ketones (excluding diaryl/α,β-unsaturated/α-hetero) is 3. The Labute approximate surface area is 238 Å².